The van der Waals surface area contributed by atoms with Crippen LogP contribution in [0, 0.1) is 5.92 Å². The summed E-state index contributed by atoms with van der Waals surface area (Å²) < 4.78 is 51.6. The molecule has 0 aliphatic carbocycles. The van der Waals surface area contributed by atoms with Crippen LogP contribution in [0.1, 0.15) is 54.0 Å². The predicted molar refractivity (Wildman–Crippen MR) is 146 cm³/mol. The van der Waals surface area contributed by atoms with Crippen LogP contribution >= 0.6 is 0 Å². The third kappa shape index (κ3) is 7.32. The van der Waals surface area contributed by atoms with Gasteiger partial charge in [0, 0.05) is 25.2 Å². The van der Waals surface area contributed by atoms with Crippen LogP contribution < -0.4 is 19.5 Å². The van der Waals surface area contributed by atoms with Crippen molar-refractivity contribution in [2.75, 3.05) is 31.6 Å². The molecule has 0 fully saturated rings. The number of fused-ring (bicyclic) bond motifs is 1. The number of rotatable bonds is 10. The average Bonchev–Trinajstić information content (AvgIpc) is 2.92. The molecule has 2 aromatic carbocycles. The second kappa shape index (κ2) is 12.3. The Hall–Kier alpha value is -2.98. The molecular weight excluding hydrogens is 508 g/mol. The van der Waals surface area contributed by atoms with Gasteiger partial charge < -0.3 is 24.3 Å². The Morgan fingerprint density at radius 3 is 2.16 bits per heavy atom. The first-order valence-corrected chi connectivity index (χ1v) is 14.4. The van der Waals surface area contributed by atoms with Gasteiger partial charge in [-0.15, -0.1) is 0 Å². The van der Waals surface area contributed by atoms with E-state index in [1.807, 2.05) is 45.9 Å². The summed E-state index contributed by atoms with van der Waals surface area (Å²) in [5.74, 6) is 1.05. The van der Waals surface area contributed by atoms with Crippen LogP contribution in [0.5, 0.6) is 17.2 Å². The van der Waals surface area contributed by atoms with Gasteiger partial charge in [0.2, 0.25) is 10.0 Å². The van der Waals surface area contributed by atoms with Crippen LogP contribution in [0.2, 0.25) is 0 Å². The van der Waals surface area contributed by atoms with Gasteiger partial charge >= 0.3 is 5.97 Å². The fraction of sp³-hybridized carbons (Fsp3) is 0.536. The first-order chi connectivity index (χ1) is 17.9. The summed E-state index contributed by atoms with van der Waals surface area (Å²) in [5, 5.41) is 3.19. The van der Waals surface area contributed by atoms with Gasteiger partial charge in [0.15, 0.2) is 0 Å². The number of nitrogens with zero attached hydrogens (tertiary/aromatic N) is 1. The highest BCUT2D eigenvalue weighted by Gasteiger charge is 2.42. The standard InChI is InChI=1S/C28H40N2O7S/c1-8-34-22-14-20(15-23(16-22)35-9-2)18-36-21-10-11-25-24(17-21)29-12-13-30(38(25,32)33)26(19(3)4)27(31)37-28(5,6)7/h10-11,14-17,19,26,29H,8-9,12-13,18H2,1-7H3/t26-/m1/s1. The summed E-state index contributed by atoms with van der Waals surface area (Å²) in [6.45, 7) is 14.5. The minimum atomic E-state index is -3.99. The molecule has 10 heteroatoms. The summed E-state index contributed by atoms with van der Waals surface area (Å²) in [7, 11) is -3.99. The normalized spacial score (nSPS) is 16.1. The number of nitrogens with one attached hydrogen (secondary N) is 1. The van der Waals surface area contributed by atoms with E-state index in [9.17, 15) is 13.2 Å². The molecule has 0 spiro atoms. The van der Waals surface area contributed by atoms with Crippen molar-refractivity contribution >= 4 is 21.7 Å². The van der Waals surface area contributed by atoms with Crippen molar-refractivity contribution in [3.05, 3.63) is 42.0 Å². The van der Waals surface area contributed by atoms with Gasteiger partial charge in [-0.3, -0.25) is 4.79 Å². The van der Waals surface area contributed by atoms with E-state index in [1.165, 1.54) is 10.4 Å². The van der Waals surface area contributed by atoms with Gasteiger partial charge in [-0.1, -0.05) is 13.8 Å². The number of esters is 1. The van der Waals surface area contributed by atoms with Crippen LogP contribution in [-0.2, 0) is 26.2 Å². The van der Waals surface area contributed by atoms with Crippen molar-refractivity contribution in [2.45, 2.75) is 71.6 Å². The predicted octanol–water partition coefficient (Wildman–Crippen LogP) is 4.85. The molecule has 0 saturated carbocycles. The summed E-state index contributed by atoms with van der Waals surface area (Å²) in [6, 6.07) is 9.47. The Kier molecular flexibility index (Phi) is 9.54. The van der Waals surface area contributed by atoms with Crippen molar-refractivity contribution in [3.8, 4) is 17.2 Å². The average molecular weight is 549 g/mol. The molecule has 0 amide bonds. The molecule has 1 aliphatic heterocycles. The van der Waals surface area contributed by atoms with Crippen LogP contribution in [0.4, 0.5) is 5.69 Å². The van der Waals surface area contributed by atoms with Crippen molar-refractivity contribution in [1.29, 1.82) is 0 Å². The topological polar surface area (TPSA) is 103 Å². The number of anilines is 1. The molecule has 1 N–H and O–H groups in total. The van der Waals surface area contributed by atoms with Gasteiger partial charge in [0.1, 0.15) is 40.4 Å². The number of ether oxygens (including phenoxy) is 4. The van der Waals surface area contributed by atoms with Gasteiger partial charge in [0.25, 0.3) is 0 Å². The second-order valence-electron chi connectivity index (χ2n) is 10.4. The molecule has 1 atom stereocenters. The number of benzene rings is 2. The van der Waals surface area contributed by atoms with E-state index in [2.05, 4.69) is 5.32 Å². The summed E-state index contributed by atoms with van der Waals surface area (Å²) in [5.41, 5.74) is 0.557. The maximum absolute atomic E-state index is 13.7. The zero-order valence-corrected chi connectivity index (χ0v) is 24.2. The highest BCUT2D eigenvalue weighted by molar-refractivity contribution is 7.89. The highest BCUT2D eigenvalue weighted by Crippen LogP contribution is 2.34. The monoisotopic (exact) mass is 548 g/mol. The molecule has 9 nitrogen and oxygen atoms in total. The van der Waals surface area contributed by atoms with E-state index in [-0.39, 0.29) is 24.0 Å². The van der Waals surface area contributed by atoms with Gasteiger partial charge in [-0.05, 0) is 70.4 Å². The summed E-state index contributed by atoms with van der Waals surface area (Å²) in [4.78, 5) is 13.1. The maximum atomic E-state index is 13.7. The van der Waals surface area contributed by atoms with Crippen LogP contribution in [0.3, 0.4) is 0 Å². The minimum absolute atomic E-state index is 0.0912. The smallest absolute Gasteiger partial charge is 0.325 e. The second-order valence-corrected chi connectivity index (χ2v) is 12.2. The number of hydrogen-bond donors (Lipinski definition) is 1. The lowest BCUT2D eigenvalue weighted by molar-refractivity contribution is -0.161. The van der Waals surface area contributed by atoms with E-state index in [1.54, 1.807) is 32.9 Å². The maximum Gasteiger partial charge on any atom is 0.325 e. The fourth-order valence-corrected chi connectivity index (χ4v) is 6.12. The van der Waals surface area contributed by atoms with Crippen LogP contribution in [0.15, 0.2) is 41.3 Å². The quantitative estimate of drug-likeness (QED) is 0.421. The first-order valence-electron chi connectivity index (χ1n) is 13.0. The molecule has 1 heterocycles. The van der Waals surface area contributed by atoms with E-state index in [4.69, 9.17) is 18.9 Å². The van der Waals surface area contributed by atoms with Gasteiger partial charge in [0.05, 0.1) is 18.9 Å². The molecule has 3 rings (SSSR count). The number of carbonyl (C=O) groups is 1. The molecular formula is C28H40N2O7S. The number of hydrogen-bond acceptors (Lipinski definition) is 8. The van der Waals surface area contributed by atoms with E-state index in [0.29, 0.717) is 42.7 Å². The molecule has 0 aromatic heterocycles. The Bertz CT molecular complexity index is 1200. The van der Waals surface area contributed by atoms with Crippen LogP contribution in [-0.4, -0.2) is 56.6 Å². The molecule has 0 saturated heterocycles. The highest BCUT2D eigenvalue weighted by atomic mass is 32.2. The zero-order chi connectivity index (χ0) is 28.1. The lowest BCUT2D eigenvalue weighted by Crippen LogP contribution is -2.50. The first kappa shape index (κ1) is 29.6. The Morgan fingerprint density at radius 1 is 0.974 bits per heavy atom. The van der Waals surface area contributed by atoms with Crippen LogP contribution in [0.25, 0.3) is 0 Å². The third-order valence-electron chi connectivity index (χ3n) is 5.74. The third-order valence-corrected chi connectivity index (χ3v) is 7.68. The van der Waals surface area contributed by atoms with E-state index in [0.717, 1.165) is 5.56 Å². The Morgan fingerprint density at radius 2 is 1.61 bits per heavy atom. The Balaban J connectivity index is 1.85. The SMILES string of the molecule is CCOc1cc(COc2ccc3c(c2)NCCN([C@@H](C(=O)OC(C)(C)C)C(C)C)S3(=O)=O)cc(OCC)c1. The molecule has 0 radical (unpaired) electrons. The van der Waals surface area contributed by atoms with Crippen molar-refractivity contribution < 1.29 is 32.2 Å². The van der Waals surface area contributed by atoms with Crippen molar-refractivity contribution in [3.63, 3.8) is 0 Å². The molecule has 0 unspecified atom stereocenters. The molecule has 210 valence electrons. The van der Waals surface area contributed by atoms with Crippen molar-refractivity contribution in [1.82, 2.24) is 4.31 Å². The summed E-state index contributed by atoms with van der Waals surface area (Å²) in [6.07, 6.45) is 0. The zero-order valence-electron chi connectivity index (χ0n) is 23.4. The largest absolute Gasteiger partial charge is 0.494 e. The fourth-order valence-electron chi connectivity index (χ4n) is 4.26. The molecule has 2 aromatic rings. The summed E-state index contributed by atoms with van der Waals surface area (Å²) >= 11 is 0. The van der Waals surface area contributed by atoms with Gasteiger partial charge in [-0.2, -0.15) is 4.31 Å². The Labute approximate surface area is 226 Å². The lowest BCUT2D eigenvalue weighted by Gasteiger charge is -2.33. The lowest BCUT2D eigenvalue weighted by atomic mass is 10.0. The molecule has 38 heavy (non-hydrogen) atoms. The number of carbonyl (C=O) groups excluding carboxylic acids is 1. The van der Waals surface area contributed by atoms with E-state index >= 15 is 0 Å². The molecule has 0 bridgehead atoms. The number of sulfonamides is 1. The molecule has 1 aliphatic rings. The van der Waals surface area contributed by atoms with E-state index < -0.39 is 27.6 Å². The van der Waals surface area contributed by atoms with Crippen molar-refractivity contribution in [2.24, 2.45) is 5.92 Å². The van der Waals surface area contributed by atoms with Gasteiger partial charge in [-0.25, -0.2) is 8.42 Å². The minimum Gasteiger partial charge on any atom is -0.494 e.